The number of fused-ring (bicyclic) bond motifs is 1. The molecule has 2 rings (SSSR count). The first-order valence-electron chi connectivity index (χ1n) is 5.04. The van der Waals surface area contributed by atoms with Gasteiger partial charge in [-0.15, -0.1) is 0 Å². The molecule has 0 bridgehead atoms. The summed E-state index contributed by atoms with van der Waals surface area (Å²) in [6.45, 7) is 3.14. The number of nitrogens with zero attached hydrogens (tertiary/aromatic N) is 2. The molecule has 0 saturated carbocycles. The minimum absolute atomic E-state index is 0.512. The van der Waals surface area contributed by atoms with Crippen LogP contribution in [0.25, 0.3) is 11.0 Å². The molecule has 15 heavy (non-hydrogen) atoms. The average molecular weight is 205 g/mol. The van der Waals surface area contributed by atoms with Crippen molar-refractivity contribution < 1.29 is 4.74 Å². The Morgan fingerprint density at radius 2 is 2.33 bits per heavy atom. The molecular weight excluding hydrogens is 190 g/mol. The molecule has 0 saturated heterocycles. The Bertz CT molecular complexity index is 476. The van der Waals surface area contributed by atoms with Crippen molar-refractivity contribution in [2.45, 2.75) is 13.5 Å². The van der Waals surface area contributed by atoms with Crippen molar-refractivity contribution in [3.63, 3.8) is 0 Å². The van der Waals surface area contributed by atoms with Gasteiger partial charge >= 0.3 is 0 Å². The van der Waals surface area contributed by atoms with Crippen LogP contribution in [0.2, 0.25) is 0 Å². The van der Waals surface area contributed by atoms with E-state index >= 15 is 0 Å². The van der Waals surface area contributed by atoms with Gasteiger partial charge in [-0.05, 0) is 19.1 Å². The van der Waals surface area contributed by atoms with Crippen LogP contribution in [0.1, 0.15) is 12.6 Å². The summed E-state index contributed by atoms with van der Waals surface area (Å²) in [5, 5.41) is 1.03. The second-order valence-corrected chi connectivity index (χ2v) is 3.38. The van der Waals surface area contributed by atoms with Crippen molar-refractivity contribution in [3.8, 4) is 5.75 Å². The molecule has 2 heterocycles. The van der Waals surface area contributed by atoms with Crippen molar-refractivity contribution in [1.29, 1.82) is 0 Å². The van der Waals surface area contributed by atoms with Gasteiger partial charge in [0.2, 0.25) is 0 Å². The third-order valence-corrected chi connectivity index (χ3v) is 2.50. The van der Waals surface area contributed by atoms with E-state index in [1.54, 1.807) is 6.20 Å². The van der Waals surface area contributed by atoms with Crippen LogP contribution in [0, 0.1) is 0 Å². The van der Waals surface area contributed by atoms with Gasteiger partial charge in [0.15, 0.2) is 0 Å². The number of pyridine rings is 1. The highest BCUT2D eigenvalue weighted by molar-refractivity contribution is 5.84. The highest BCUT2D eigenvalue weighted by Crippen LogP contribution is 2.26. The van der Waals surface area contributed by atoms with Gasteiger partial charge in [0.05, 0.1) is 12.0 Å². The van der Waals surface area contributed by atoms with Gasteiger partial charge in [-0.1, -0.05) is 0 Å². The zero-order valence-electron chi connectivity index (χ0n) is 9.03. The number of aromatic nitrogens is 2. The van der Waals surface area contributed by atoms with Crippen LogP contribution in [0.5, 0.6) is 5.75 Å². The third kappa shape index (κ3) is 1.57. The van der Waals surface area contributed by atoms with Crippen LogP contribution in [-0.2, 0) is 13.6 Å². The Balaban J connectivity index is 2.65. The molecule has 0 aliphatic carbocycles. The first-order chi connectivity index (χ1) is 7.27. The second-order valence-electron chi connectivity index (χ2n) is 3.38. The van der Waals surface area contributed by atoms with Gasteiger partial charge in [0.25, 0.3) is 0 Å². The first kappa shape index (κ1) is 9.98. The van der Waals surface area contributed by atoms with Crippen molar-refractivity contribution in [2.24, 2.45) is 12.8 Å². The number of aryl methyl sites for hydroxylation is 1. The lowest BCUT2D eigenvalue weighted by atomic mass is 10.3. The molecule has 0 aromatic carbocycles. The maximum absolute atomic E-state index is 5.65. The van der Waals surface area contributed by atoms with Crippen LogP contribution in [0.15, 0.2) is 18.3 Å². The van der Waals surface area contributed by atoms with Crippen LogP contribution < -0.4 is 10.5 Å². The summed E-state index contributed by atoms with van der Waals surface area (Å²) in [5.41, 5.74) is 7.63. The standard InChI is InChI=1S/C11H15N3O/c1-3-15-10-4-5-13-11-9(10)6-8(7-12)14(11)2/h4-6H,3,7,12H2,1-2H3. The Kier molecular flexibility index (Phi) is 2.60. The highest BCUT2D eigenvalue weighted by atomic mass is 16.5. The molecule has 0 amide bonds. The molecule has 80 valence electrons. The lowest BCUT2D eigenvalue weighted by Gasteiger charge is -2.03. The van der Waals surface area contributed by atoms with Crippen LogP contribution in [0.3, 0.4) is 0 Å². The van der Waals surface area contributed by atoms with E-state index in [-0.39, 0.29) is 0 Å². The maximum atomic E-state index is 5.65. The van der Waals surface area contributed by atoms with Crippen LogP contribution in [0.4, 0.5) is 0 Å². The summed E-state index contributed by atoms with van der Waals surface area (Å²) in [4.78, 5) is 4.32. The van der Waals surface area contributed by atoms with E-state index in [1.807, 2.05) is 30.7 Å². The van der Waals surface area contributed by atoms with E-state index in [0.717, 1.165) is 22.5 Å². The molecule has 0 fully saturated rings. The van der Waals surface area contributed by atoms with Crippen molar-refractivity contribution in [3.05, 3.63) is 24.0 Å². The summed E-state index contributed by atoms with van der Waals surface area (Å²) in [6.07, 6.45) is 1.76. The molecule has 2 N–H and O–H groups in total. The van der Waals surface area contributed by atoms with E-state index in [9.17, 15) is 0 Å². The molecule has 4 nitrogen and oxygen atoms in total. The molecule has 0 unspecified atom stereocenters. The molecular formula is C11H15N3O. The fraction of sp³-hybridized carbons (Fsp3) is 0.364. The second kappa shape index (κ2) is 3.90. The lowest BCUT2D eigenvalue weighted by molar-refractivity contribution is 0.344. The fourth-order valence-electron chi connectivity index (χ4n) is 1.72. The summed E-state index contributed by atoms with van der Waals surface area (Å²) in [6, 6.07) is 3.92. The monoisotopic (exact) mass is 205 g/mol. The van der Waals surface area contributed by atoms with Crippen LogP contribution >= 0.6 is 0 Å². The Morgan fingerprint density at radius 3 is 3.00 bits per heavy atom. The largest absolute Gasteiger partial charge is 0.493 e. The van der Waals surface area contributed by atoms with Crippen molar-refractivity contribution >= 4 is 11.0 Å². The fourth-order valence-corrected chi connectivity index (χ4v) is 1.72. The number of nitrogens with two attached hydrogens (primary N) is 1. The molecule has 0 radical (unpaired) electrons. The third-order valence-electron chi connectivity index (χ3n) is 2.50. The Labute approximate surface area is 88.7 Å². The summed E-state index contributed by atoms with van der Waals surface area (Å²) in [7, 11) is 1.97. The van der Waals surface area contributed by atoms with Crippen molar-refractivity contribution in [1.82, 2.24) is 9.55 Å². The topological polar surface area (TPSA) is 53.1 Å². The van der Waals surface area contributed by atoms with E-state index in [0.29, 0.717) is 13.2 Å². The van der Waals surface area contributed by atoms with Gasteiger partial charge in [0, 0.05) is 25.5 Å². The predicted molar refractivity (Wildman–Crippen MR) is 59.8 cm³/mol. The normalized spacial score (nSPS) is 10.9. The van der Waals surface area contributed by atoms with E-state index in [4.69, 9.17) is 10.5 Å². The zero-order valence-corrected chi connectivity index (χ0v) is 9.03. The Hall–Kier alpha value is -1.55. The zero-order chi connectivity index (χ0) is 10.8. The number of rotatable bonds is 3. The lowest BCUT2D eigenvalue weighted by Crippen LogP contribution is -2.03. The number of hydrogen-bond acceptors (Lipinski definition) is 3. The first-order valence-corrected chi connectivity index (χ1v) is 5.04. The van der Waals surface area contributed by atoms with Crippen molar-refractivity contribution in [2.75, 3.05) is 6.61 Å². The van der Waals surface area contributed by atoms with Gasteiger partial charge in [-0.2, -0.15) is 0 Å². The molecule has 2 aromatic heterocycles. The maximum Gasteiger partial charge on any atom is 0.143 e. The quantitative estimate of drug-likeness (QED) is 0.824. The molecule has 0 spiro atoms. The molecule has 0 atom stereocenters. The summed E-state index contributed by atoms with van der Waals surface area (Å²) >= 11 is 0. The van der Waals surface area contributed by atoms with E-state index in [1.165, 1.54) is 0 Å². The van der Waals surface area contributed by atoms with E-state index < -0.39 is 0 Å². The van der Waals surface area contributed by atoms with Gasteiger partial charge in [0.1, 0.15) is 11.4 Å². The summed E-state index contributed by atoms with van der Waals surface area (Å²) in [5.74, 6) is 0.873. The highest BCUT2D eigenvalue weighted by Gasteiger charge is 2.09. The Morgan fingerprint density at radius 1 is 1.53 bits per heavy atom. The van der Waals surface area contributed by atoms with Gasteiger partial charge in [-0.3, -0.25) is 0 Å². The number of ether oxygens (including phenoxy) is 1. The molecule has 0 aliphatic rings. The van der Waals surface area contributed by atoms with E-state index in [2.05, 4.69) is 4.98 Å². The summed E-state index contributed by atoms with van der Waals surface area (Å²) < 4.78 is 7.54. The molecule has 2 aromatic rings. The van der Waals surface area contributed by atoms with Crippen LogP contribution in [-0.4, -0.2) is 16.2 Å². The molecule has 0 aliphatic heterocycles. The minimum atomic E-state index is 0.512. The van der Waals surface area contributed by atoms with Gasteiger partial charge in [-0.25, -0.2) is 4.98 Å². The molecule has 4 heteroatoms. The minimum Gasteiger partial charge on any atom is -0.493 e. The average Bonchev–Trinajstić information content (AvgIpc) is 2.58. The van der Waals surface area contributed by atoms with Gasteiger partial charge < -0.3 is 15.0 Å². The number of hydrogen-bond donors (Lipinski definition) is 1. The SMILES string of the molecule is CCOc1ccnc2c1cc(CN)n2C. The smallest absolute Gasteiger partial charge is 0.143 e. The predicted octanol–water partition coefficient (Wildman–Crippen LogP) is 1.43.